The van der Waals surface area contributed by atoms with Crippen molar-refractivity contribution in [2.75, 3.05) is 52.4 Å². The first-order valence-electron chi connectivity index (χ1n) is 6.80. The van der Waals surface area contributed by atoms with Crippen LogP contribution >= 0.6 is 0 Å². The van der Waals surface area contributed by atoms with E-state index in [1.165, 1.54) is 19.5 Å². The second-order valence-electron chi connectivity index (χ2n) is 5.79. The molecule has 102 valence electrons. The first-order valence-corrected chi connectivity index (χ1v) is 6.80. The van der Waals surface area contributed by atoms with Gasteiger partial charge < -0.3 is 15.4 Å². The first-order chi connectivity index (χ1) is 8.01. The van der Waals surface area contributed by atoms with Gasteiger partial charge in [-0.15, -0.1) is 0 Å². The minimum absolute atomic E-state index is 0.0164. The van der Waals surface area contributed by atoms with E-state index in [0.29, 0.717) is 0 Å². The highest BCUT2D eigenvalue weighted by molar-refractivity contribution is 4.70. The van der Waals surface area contributed by atoms with E-state index >= 15 is 0 Å². The van der Waals surface area contributed by atoms with Gasteiger partial charge in [-0.25, -0.2) is 0 Å². The second kappa shape index (κ2) is 7.31. The maximum absolute atomic E-state index is 5.77. The van der Waals surface area contributed by atoms with Gasteiger partial charge in [-0.2, -0.15) is 0 Å². The molecule has 1 rings (SSSR count). The largest absolute Gasteiger partial charge is 0.375 e. The normalized spacial score (nSPS) is 20.5. The molecule has 1 aliphatic heterocycles. The number of ether oxygens (including phenoxy) is 1. The molecule has 0 amide bonds. The van der Waals surface area contributed by atoms with E-state index in [9.17, 15) is 0 Å². The van der Waals surface area contributed by atoms with Gasteiger partial charge in [-0.1, -0.05) is 0 Å². The molecule has 0 unspecified atom stereocenters. The van der Waals surface area contributed by atoms with Crippen molar-refractivity contribution in [3.63, 3.8) is 0 Å². The Morgan fingerprint density at radius 3 is 2.12 bits per heavy atom. The van der Waals surface area contributed by atoms with Crippen LogP contribution < -0.4 is 5.73 Å². The van der Waals surface area contributed by atoms with Crippen LogP contribution in [-0.2, 0) is 4.74 Å². The van der Waals surface area contributed by atoms with Crippen LogP contribution in [0.4, 0.5) is 0 Å². The monoisotopic (exact) mass is 243 g/mol. The molecule has 4 heteroatoms. The van der Waals surface area contributed by atoms with Gasteiger partial charge in [-0.3, -0.25) is 4.90 Å². The summed E-state index contributed by atoms with van der Waals surface area (Å²) >= 11 is 0. The summed E-state index contributed by atoms with van der Waals surface area (Å²) in [7, 11) is 0. The van der Waals surface area contributed by atoms with E-state index in [2.05, 4.69) is 30.6 Å². The molecule has 17 heavy (non-hydrogen) atoms. The molecule has 0 aromatic rings. The van der Waals surface area contributed by atoms with Crippen LogP contribution in [0.1, 0.15) is 27.2 Å². The van der Waals surface area contributed by atoms with Crippen LogP contribution in [0.25, 0.3) is 0 Å². The smallest absolute Gasteiger partial charge is 0.0600 e. The fourth-order valence-electron chi connectivity index (χ4n) is 2.14. The second-order valence-corrected chi connectivity index (χ2v) is 5.79. The number of hydrogen-bond acceptors (Lipinski definition) is 4. The summed E-state index contributed by atoms with van der Waals surface area (Å²) in [6.07, 6.45) is 1.25. The van der Waals surface area contributed by atoms with Gasteiger partial charge in [0.2, 0.25) is 0 Å². The Labute approximate surface area is 106 Å². The zero-order chi connectivity index (χ0) is 12.7. The molecule has 0 atom stereocenters. The third-order valence-electron chi connectivity index (χ3n) is 3.07. The van der Waals surface area contributed by atoms with Crippen molar-refractivity contribution in [2.24, 2.45) is 5.73 Å². The van der Waals surface area contributed by atoms with E-state index < -0.39 is 0 Å². The van der Waals surface area contributed by atoms with E-state index in [-0.39, 0.29) is 5.60 Å². The number of nitrogens with two attached hydrogens (primary N) is 1. The Hall–Kier alpha value is -0.160. The van der Waals surface area contributed by atoms with Crippen molar-refractivity contribution >= 4 is 0 Å². The van der Waals surface area contributed by atoms with Crippen molar-refractivity contribution < 1.29 is 4.74 Å². The van der Waals surface area contributed by atoms with E-state index in [1.807, 2.05) is 0 Å². The molecule has 1 heterocycles. The van der Waals surface area contributed by atoms with Crippen LogP contribution in [0.3, 0.4) is 0 Å². The van der Waals surface area contributed by atoms with Crippen molar-refractivity contribution in [1.82, 2.24) is 9.80 Å². The molecule has 0 spiro atoms. The topological polar surface area (TPSA) is 41.7 Å². The summed E-state index contributed by atoms with van der Waals surface area (Å²) in [6, 6.07) is 0. The molecule has 2 N–H and O–H groups in total. The van der Waals surface area contributed by atoms with Crippen LogP contribution in [0.5, 0.6) is 0 Å². The average molecular weight is 243 g/mol. The quantitative estimate of drug-likeness (QED) is 0.774. The molecular weight excluding hydrogens is 214 g/mol. The minimum atomic E-state index is -0.0164. The highest BCUT2D eigenvalue weighted by Gasteiger charge is 2.15. The van der Waals surface area contributed by atoms with Crippen LogP contribution in [-0.4, -0.2) is 67.8 Å². The summed E-state index contributed by atoms with van der Waals surface area (Å²) < 4.78 is 5.77. The van der Waals surface area contributed by atoms with Gasteiger partial charge >= 0.3 is 0 Å². The predicted octanol–water partition coefficient (Wildman–Crippen LogP) is 0.768. The van der Waals surface area contributed by atoms with Crippen LogP contribution in [0.15, 0.2) is 0 Å². The van der Waals surface area contributed by atoms with Crippen LogP contribution in [0, 0.1) is 0 Å². The molecule has 1 aliphatic rings. The maximum Gasteiger partial charge on any atom is 0.0600 e. The highest BCUT2D eigenvalue weighted by atomic mass is 16.5. The lowest BCUT2D eigenvalue weighted by Gasteiger charge is -2.24. The van der Waals surface area contributed by atoms with Crippen molar-refractivity contribution in [2.45, 2.75) is 32.8 Å². The molecular formula is C13H29N3O. The Morgan fingerprint density at radius 2 is 1.59 bits per heavy atom. The molecule has 0 saturated carbocycles. The van der Waals surface area contributed by atoms with E-state index in [4.69, 9.17) is 10.5 Å². The summed E-state index contributed by atoms with van der Waals surface area (Å²) in [5, 5.41) is 0. The Balaban J connectivity index is 2.18. The lowest BCUT2D eigenvalue weighted by molar-refractivity contribution is -0.0126. The summed E-state index contributed by atoms with van der Waals surface area (Å²) in [6.45, 7) is 14.7. The zero-order valence-electron chi connectivity index (χ0n) is 11.7. The zero-order valence-corrected chi connectivity index (χ0v) is 11.7. The molecule has 0 aromatic carbocycles. The summed E-state index contributed by atoms with van der Waals surface area (Å²) in [4.78, 5) is 4.97. The highest BCUT2D eigenvalue weighted by Crippen LogP contribution is 2.07. The molecule has 0 aromatic heterocycles. The van der Waals surface area contributed by atoms with Gasteiger partial charge in [0.05, 0.1) is 12.2 Å². The van der Waals surface area contributed by atoms with E-state index in [0.717, 1.165) is 39.3 Å². The van der Waals surface area contributed by atoms with Gasteiger partial charge in [0, 0.05) is 32.7 Å². The van der Waals surface area contributed by atoms with Gasteiger partial charge in [0.25, 0.3) is 0 Å². The van der Waals surface area contributed by atoms with Gasteiger partial charge in [0.15, 0.2) is 0 Å². The third-order valence-corrected chi connectivity index (χ3v) is 3.07. The Kier molecular flexibility index (Phi) is 6.41. The fourth-order valence-corrected chi connectivity index (χ4v) is 2.14. The molecule has 0 aliphatic carbocycles. The van der Waals surface area contributed by atoms with E-state index in [1.54, 1.807) is 0 Å². The predicted molar refractivity (Wildman–Crippen MR) is 72.3 cm³/mol. The molecule has 1 fully saturated rings. The van der Waals surface area contributed by atoms with Gasteiger partial charge in [-0.05, 0) is 40.3 Å². The number of rotatable bonds is 5. The van der Waals surface area contributed by atoms with Crippen LogP contribution in [0.2, 0.25) is 0 Å². The Bertz CT molecular complexity index is 203. The first kappa shape index (κ1) is 14.9. The lowest BCUT2D eigenvalue weighted by atomic mass is 10.2. The molecule has 0 radical (unpaired) electrons. The fraction of sp³-hybridized carbons (Fsp3) is 1.00. The summed E-state index contributed by atoms with van der Waals surface area (Å²) in [5.74, 6) is 0. The standard InChI is InChI=1S/C13H29N3O/c1-13(2,3)17-12-11-16-7-4-6-15(8-5-14)9-10-16/h4-12,14H2,1-3H3. The molecule has 0 bridgehead atoms. The van der Waals surface area contributed by atoms with Crippen molar-refractivity contribution in [1.29, 1.82) is 0 Å². The third kappa shape index (κ3) is 6.99. The maximum atomic E-state index is 5.77. The molecule has 1 saturated heterocycles. The number of nitrogens with zero attached hydrogens (tertiary/aromatic N) is 2. The van der Waals surface area contributed by atoms with Crippen molar-refractivity contribution in [3.05, 3.63) is 0 Å². The molecule has 4 nitrogen and oxygen atoms in total. The minimum Gasteiger partial charge on any atom is -0.375 e. The van der Waals surface area contributed by atoms with Gasteiger partial charge in [0.1, 0.15) is 0 Å². The average Bonchev–Trinajstić information content (AvgIpc) is 2.43. The number of hydrogen-bond donors (Lipinski definition) is 1. The summed E-state index contributed by atoms with van der Waals surface area (Å²) in [5.41, 5.74) is 5.58. The van der Waals surface area contributed by atoms with Crippen molar-refractivity contribution in [3.8, 4) is 0 Å². The SMILES string of the molecule is CC(C)(C)OCCN1CCCN(CCN)CC1. The lowest BCUT2D eigenvalue weighted by Crippen LogP contribution is -2.35. The Morgan fingerprint density at radius 1 is 1.00 bits per heavy atom.